The molecule has 2 aromatic rings. The zero-order valence-electron chi connectivity index (χ0n) is 15.2. The molecule has 0 amide bonds. The zero-order valence-corrected chi connectivity index (χ0v) is 16.1. The second kappa shape index (κ2) is 7.75. The van der Waals surface area contributed by atoms with Crippen LogP contribution in [0.4, 0.5) is 5.69 Å². The van der Waals surface area contributed by atoms with Crippen LogP contribution in [0.25, 0.3) is 0 Å². The van der Waals surface area contributed by atoms with E-state index >= 15 is 0 Å². The van der Waals surface area contributed by atoms with E-state index in [1.54, 1.807) is 0 Å². The van der Waals surface area contributed by atoms with Crippen molar-refractivity contribution in [3.05, 3.63) is 69.8 Å². The molecule has 7 nitrogen and oxygen atoms in total. The van der Waals surface area contributed by atoms with Crippen molar-refractivity contribution >= 4 is 15.7 Å². The molecule has 0 saturated carbocycles. The number of hydrogen-bond acceptors (Lipinski definition) is 5. The van der Waals surface area contributed by atoms with Gasteiger partial charge in [0.1, 0.15) is 0 Å². The molecule has 0 aliphatic carbocycles. The lowest BCUT2D eigenvalue weighted by molar-refractivity contribution is -0.385. The molecule has 1 saturated heterocycles. The Morgan fingerprint density at radius 1 is 1.19 bits per heavy atom. The Kier molecular flexibility index (Phi) is 5.59. The quantitative estimate of drug-likeness (QED) is 0.576. The maximum Gasteiger partial charge on any atom is 0.270 e. The third-order valence-electron chi connectivity index (χ3n) is 4.67. The molecule has 0 N–H and O–H groups in total. The lowest BCUT2D eigenvalue weighted by atomic mass is 10.00. The van der Waals surface area contributed by atoms with Crippen molar-refractivity contribution in [2.24, 2.45) is 0 Å². The van der Waals surface area contributed by atoms with Gasteiger partial charge < -0.3 is 4.74 Å². The molecule has 1 heterocycles. The highest BCUT2D eigenvalue weighted by Crippen LogP contribution is 2.28. The summed E-state index contributed by atoms with van der Waals surface area (Å²) in [5.41, 5.74) is 1.87. The third-order valence-corrected chi connectivity index (χ3v) is 6.53. The molecule has 0 aromatic heterocycles. The number of ether oxygens (including phenoxy) is 1. The standard InChI is InChI=1S/C19H22N2O5S/c1-14(2)15-6-8-16(9-7-15)19-13-20(10-11-26-19)27(24,25)18-5-3-4-17(12-18)21(22)23/h3-9,12,14,19H,10-11,13H2,1-2H3. The van der Waals surface area contributed by atoms with Gasteiger partial charge in [-0.25, -0.2) is 8.42 Å². The second-order valence-electron chi connectivity index (χ2n) is 6.80. The fourth-order valence-electron chi connectivity index (χ4n) is 3.05. The summed E-state index contributed by atoms with van der Waals surface area (Å²) in [6.45, 7) is 4.88. The van der Waals surface area contributed by atoms with E-state index in [0.717, 1.165) is 11.6 Å². The monoisotopic (exact) mass is 390 g/mol. The number of nitro benzene ring substituents is 1. The fourth-order valence-corrected chi connectivity index (χ4v) is 4.51. The Morgan fingerprint density at radius 2 is 1.89 bits per heavy atom. The number of sulfonamides is 1. The molecule has 27 heavy (non-hydrogen) atoms. The number of hydrogen-bond donors (Lipinski definition) is 0. The van der Waals surface area contributed by atoms with E-state index < -0.39 is 14.9 Å². The summed E-state index contributed by atoms with van der Waals surface area (Å²) >= 11 is 0. The van der Waals surface area contributed by atoms with Crippen LogP contribution >= 0.6 is 0 Å². The maximum absolute atomic E-state index is 12.9. The van der Waals surface area contributed by atoms with Crippen LogP contribution in [0.3, 0.4) is 0 Å². The Hall–Kier alpha value is -2.29. The number of morpholine rings is 1. The van der Waals surface area contributed by atoms with Crippen molar-refractivity contribution < 1.29 is 18.1 Å². The smallest absolute Gasteiger partial charge is 0.270 e. The van der Waals surface area contributed by atoms with Gasteiger partial charge in [-0.15, -0.1) is 0 Å². The Bertz CT molecular complexity index is 925. The molecule has 1 atom stereocenters. The fraction of sp³-hybridized carbons (Fsp3) is 0.368. The average Bonchev–Trinajstić information content (AvgIpc) is 2.68. The van der Waals surface area contributed by atoms with E-state index in [1.807, 2.05) is 24.3 Å². The highest BCUT2D eigenvalue weighted by molar-refractivity contribution is 7.89. The molecule has 1 fully saturated rings. The molecule has 1 unspecified atom stereocenters. The van der Waals surface area contributed by atoms with Crippen LogP contribution in [0, 0.1) is 10.1 Å². The zero-order chi connectivity index (χ0) is 19.6. The first-order valence-electron chi connectivity index (χ1n) is 8.75. The molecule has 2 aromatic carbocycles. The van der Waals surface area contributed by atoms with Crippen LogP contribution in [0.5, 0.6) is 0 Å². The molecule has 3 rings (SSSR count). The first-order valence-corrected chi connectivity index (χ1v) is 10.2. The van der Waals surface area contributed by atoms with Gasteiger partial charge in [-0.2, -0.15) is 4.31 Å². The van der Waals surface area contributed by atoms with E-state index in [4.69, 9.17) is 4.74 Å². The maximum atomic E-state index is 12.9. The van der Waals surface area contributed by atoms with E-state index in [2.05, 4.69) is 13.8 Å². The first-order chi connectivity index (χ1) is 12.8. The number of nitro groups is 1. The van der Waals surface area contributed by atoms with Gasteiger partial charge in [-0.3, -0.25) is 10.1 Å². The molecule has 8 heteroatoms. The Morgan fingerprint density at radius 3 is 2.52 bits per heavy atom. The summed E-state index contributed by atoms with van der Waals surface area (Å²) < 4.78 is 33.0. The number of benzene rings is 2. The van der Waals surface area contributed by atoms with E-state index in [0.29, 0.717) is 5.92 Å². The van der Waals surface area contributed by atoms with Gasteiger partial charge in [-0.05, 0) is 23.1 Å². The van der Waals surface area contributed by atoms with Gasteiger partial charge in [0.05, 0.1) is 22.5 Å². The predicted molar refractivity (Wildman–Crippen MR) is 101 cm³/mol. The first kappa shape index (κ1) is 19.5. The van der Waals surface area contributed by atoms with Crippen LogP contribution in [0.1, 0.15) is 37.0 Å². The van der Waals surface area contributed by atoms with Crippen LogP contribution in [-0.2, 0) is 14.8 Å². The molecule has 144 valence electrons. The van der Waals surface area contributed by atoms with E-state index in [9.17, 15) is 18.5 Å². The van der Waals surface area contributed by atoms with E-state index in [-0.39, 0.29) is 36.4 Å². The van der Waals surface area contributed by atoms with Crippen LogP contribution in [0.15, 0.2) is 53.4 Å². The topological polar surface area (TPSA) is 89.8 Å². The molecule has 0 spiro atoms. The predicted octanol–water partition coefficient (Wildman–Crippen LogP) is 3.48. The van der Waals surface area contributed by atoms with Crippen molar-refractivity contribution in [3.8, 4) is 0 Å². The minimum Gasteiger partial charge on any atom is -0.371 e. The van der Waals surface area contributed by atoms with Crippen LogP contribution in [0.2, 0.25) is 0 Å². The van der Waals surface area contributed by atoms with Crippen LogP contribution in [-0.4, -0.2) is 37.3 Å². The van der Waals surface area contributed by atoms with Crippen molar-refractivity contribution in [1.82, 2.24) is 4.31 Å². The molecule has 0 radical (unpaired) electrons. The van der Waals surface area contributed by atoms with Crippen LogP contribution < -0.4 is 0 Å². The van der Waals surface area contributed by atoms with E-state index in [1.165, 1.54) is 28.1 Å². The van der Waals surface area contributed by atoms with Crippen molar-refractivity contribution in [3.63, 3.8) is 0 Å². The van der Waals surface area contributed by atoms with Gasteiger partial charge >= 0.3 is 0 Å². The highest BCUT2D eigenvalue weighted by atomic mass is 32.2. The van der Waals surface area contributed by atoms with Gasteiger partial charge in [0.2, 0.25) is 10.0 Å². The molecular formula is C19H22N2O5S. The lowest BCUT2D eigenvalue weighted by Gasteiger charge is -2.32. The van der Waals surface area contributed by atoms with Crippen molar-refractivity contribution in [2.45, 2.75) is 30.8 Å². The number of rotatable bonds is 5. The minimum atomic E-state index is -3.83. The number of non-ortho nitro benzene ring substituents is 1. The molecular weight excluding hydrogens is 368 g/mol. The Balaban J connectivity index is 1.82. The molecule has 1 aliphatic rings. The average molecular weight is 390 g/mol. The van der Waals surface area contributed by atoms with Crippen molar-refractivity contribution in [2.75, 3.05) is 19.7 Å². The highest BCUT2D eigenvalue weighted by Gasteiger charge is 2.32. The lowest BCUT2D eigenvalue weighted by Crippen LogP contribution is -2.42. The molecule has 0 bridgehead atoms. The second-order valence-corrected chi connectivity index (χ2v) is 8.74. The SMILES string of the molecule is CC(C)c1ccc(C2CN(S(=O)(=O)c3cccc([N+](=O)[O-])c3)CCO2)cc1. The van der Waals surface area contributed by atoms with Gasteiger partial charge in [0.15, 0.2) is 0 Å². The minimum absolute atomic E-state index is 0.0764. The number of nitrogens with zero attached hydrogens (tertiary/aromatic N) is 2. The van der Waals surface area contributed by atoms with Gasteiger partial charge in [-0.1, -0.05) is 44.2 Å². The molecule has 1 aliphatic heterocycles. The normalized spacial score (nSPS) is 18.6. The van der Waals surface area contributed by atoms with Crippen molar-refractivity contribution in [1.29, 1.82) is 0 Å². The summed E-state index contributed by atoms with van der Waals surface area (Å²) in [6, 6.07) is 13.1. The van der Waals surface area contributed by atoms with Gasteiger partial charge in [0.25, 0.3) is 5.69 Å². The summed E-state index contributed by atoms with van der Waals surface area (Å²) in [5, 5.41) is 10.9. The summed E-state index contributed by atoms with van der Waals surface area (Å²) in [6.07, 6.45) is -0.367. The summed E-state index contributed by atoms with van der Waals surface area (Å²) in [4.78, 5) is 10.3. The largest absolute Gasteiger partial charge is 0.371 e. The van der Waals surface area contributed by atoms with Gasteiger partial charge in [0, 0.05) is 25.2 Å². The third kappa shape index (κ3) is 4.18. The Labute approximate surface area is 158 Å². The summed E-state index contributed by atoms with van der Waals surface area (Å²) in [5.74, 6) is 0.414. The summed E-state index contributed by atoms with van der Waals surface area (Å²) in [7, 11) is -3.83.